The van der Waals surface area contributed by atoms with Gasteiger partial charge in [-0.15, -0.1) is 0 Å². The van der Waals surface area contributed by atoms with Crippen LogP contribution in [0.4, 0.5) is 0 Å². The van der Waals surface area contributed by atoms with Crippen LogP contribution in [-0.2, 0) is 23.6 Å². The number of hydrogen-bond acceptors (Lipinski definition) is 3. The van der Waals surface area contributed by atoms with Crippen molar-refractivity contribution in [3.05, 3.63) is 0 Å². The van der Waals surface area contributed by atoms with Gasteiger partial charge in [-0.25, -0.2) is 0 Å². The van der Waals surface area contributed by atoms with Crippen LogP contribution < -0.4 is 0 Å². The molecule has 11 heteroatoms. The minimum atomic E-state index is -3.81. The van der Waals surface area contributed by atoms with Gasteiger partial charge < -0.3 is 29.4 Å². The Morgan fingerprint density at radius 1 is 0.929 bits per heavy atom. The number of thioether (sulfide) groups is 1. The summed E-state index contributed by atoms with van der Waals surface area (Å²) in [5.41, 5.74) is 0. The Hall–Kier alpha value is 1.41. The van der Waals surface area contributed by atoms with Crippen LogP contribution in [0.2, 0.25) is 0 Å². The van der Waals surface area contributed by atoms with E-state index in [-0.39, 0.29) is 0 Å². The molecule has 0 aromatic heterocycles. The minimum absolute atomic E-state index is 1.24. The Morgan fingerprint density at radius 3 is 1.00 bits per heavy atom. The molecule has 0 atom stereocenters. The van der Waals surface area contributed by atoms with Gasteiger partial charge in [0, 0.05) is 0 Å². The fourth-order valence-electron chi connectivity index (χ4n) is 0. The van der Waals surface area contributed by atoms with E-state index in [0.717, 1.165) is 0 Å². The van der Waals surface area contributed by atoms with Crippen LogP contribution in [0, 0.1) is 0 Å². The highest BCUT2D eigenvalue weighted by Gasteiger charge is 1.92. The molecule has 0 aliphatic carbocycles. The third-order valence-corrected chi connectivity index (χ3v) is 0.866. The van der Waals surface area contributed by atoms with E-state index in [1.807, 2.05) is 11.8 Å². The van der Waals surface area contributed by atoms with Gasteiger partial charge in [0.15, 0.2) is 0 Å². The Labute approximate surface area is 97.1 Å². The maximum atomic E-state index is 7.56. The lowest BCUT2D eigenvalue weighted by Gasteiger charge is -1.88. The van der Waals surface area contributed by atoms with Crippen molar-refractivity contribution >= 4 is 48.8 Å². The van der Waals surface area contributed by atoms with Crippen LogP contribution in [0.1, 0.15) is 6.92 Å². The summed E-state index contributed by atoms with van der Waals surface area (Å²) in [6, 6.07) is 0. The Morgan fingerprint density at radius 2 is 1.00 bits per heavy atom. The first-order valence-electron chi connectivity index (χ1n) is 2.97. The summed E-state index contributed by atoms with van der Waals surface area (Å²) in [4.78, 5) is 45.3. The Balaban J connectivity index is -0.000000131. The van der Waals surface area contributed by atoms with Crippen molar-refractivity contribution in [2.75, 3.05) is 12.0 Å². The average molecular weight is 304 g/mol. The van der Waals surface area contributed by atoms with Gasteiger partial charge in [-0.2, -0.15) is 11.8 Å². The van der Waals surface area contributed by atoms with Gasteiger partial charge >= 0.3 is 13.4 Å². The first-order chi connectivity index (χ1) is 5.91. The maximum Gasteiger partial charge on any atom is 0.319 e. The molecule has 0 saturated heterocycles. The van der Waals surface area contributed by atoms with Crippen LogP contribution in [0.25, 0.3) is 0 Å². The zero-order valence-corrected chi connectivity index (χ0v) is 11.7. The topological polar surface area (TPSA) is 121 Å². The second-order valence-corrected chi connectivity index (χ2v) is 7.75. The largest absolute Gasteiger partial charge is 0.325 e. The number of hydrogen-bond donors (Lipinski definition) is 6. The summed E-state index contributed by atoms with van der Waals surface area (Å²) >= 11 is 9.06. The van der Waals surface area contributed by atoms with E-state index in [1.54, 1.807) is 0 Å². The van der Waals surface area contributed by atoms with Crippen LogP contribution >= 0.6 is 25.2 Å². The summed E-state index contributed by atoms with van der Waals surface area (Å²) in [5, 5.41) is 0. The van der Waals surface area contributed by atoms with Gasteiger partial charge in [0.25, 0.3) is 0 Å². The fraction of sp³-hybridized carbons (Fsp3) is 1.00. The molecule has 0 radical (unpaired) electrons. The zero-order chi connectivity index (χ0) is 12.4. The standard InChI is InChI=1S/C3H8S.2H3O3PS/c1-3-4-2;2*1-4(2,3)5/h3H2,1-2H3;2*(H3,1,2,3,5). The SMILES string of the molecule is CCSC.OP(O)(O)=S.OP(O)(O)=S. The van der Waals surface area contributed by atoms with Crippen molar-refractivity contribution in [1.29, 1.82) is 0 Å². The third kappa shape index (κ3) is 356. The molecule has 0 rings (SSSR count). The molecule has 0 fully saturated rings. The average Bonchev–Trinajstić information content (AvgIpc) is 1.79. The molecular formula is C3H14O6P2S3. The van der Waals surface area contributed by atoms with Crippen molar-refractivity contribution in [2.24, 2.45) is 0 Å². The minimum Gasteiger partial charge on any atom is -0.325 e. The molecule has 0 aromatic carbocycles. The van der Waals surface area contributed by atoms with Crippen molar-refractivity contribution in [1.82, 2.24) is 0 Å². The molecular weight excluding hydrogens is 290 g/mol. The molecule has 90 valence electrons. The van der Waals surface area contributed by atoms with Gasteiger partial charge in [0.1, 0.15) is 0 Å². The zero-order valence-electron chi connectivity index (χ0n) is 7.51. The van der Waals surface area contributed by atoms with Gasteiger partial charge in [-0.05, 0) is 35.6 Å². The van der Waals surface area contributed by atoms with E-state index in [0.29, 0.717) is 0 Å². The summed E-state index contributed by atoms with van der Waals surface area (Å²) in [6.45, 7) is -5.47. The van der Waals surface area contributed by atoms with Gasteiger partial charge in [-0.3, -0.25) is 0 Å². The Bertz CT molecular complexity index is 160. The molecule has 6 N–H and O–H groups in total. The third-order valence-electron chi connectivity index (χ3n) is 0.289. The predicted octanol–water partition coefficient (Wildman–Crippen LogP) is -0.255. The normalized spacial score (nSPS) is 10.6. The smallest absolute Gasteiger partial charge is 0.319 e. The molecule has 6 nitrogen and oxygen atoms in total. The molecule has 0 unspecified atom stereocenters. The van der Waals surface area contributed by atoms with E-state index in [2.05, 4.69) is 36.8 Å². The second kappa shape index (κ2) is 10.9. The van der Waals surface area contributed by atoms with E-state index in [4.69, 9.17) is 29.4 Å². The molecule has 0 aliphatic heterocycles. The molecule has 14 heavy (non-hydrogen) atoms. The summed E-state index contributed by atoms with van der Waals surface area (Å²) in [6.07, 6.45) is 2.10. The van der Waals surface area contributed by atoms with Gasteiger partial charge in [0.05, 0.1) is 0 Å². The number of rotatable bonds is 1. The van der Waals surface area contributed by atoms with Crippen molar-refractivity contribution in [3.8, 4) is 0 Å². The van der Waals surface area contributed by atoms with E-state index in [1.165, 1.54) is 5.75 Å². The highest BCUT2D eigenvalue weighted by atomic mass is 32.5. The first kappa shape index (κ1) is 20.8. The quantitative estimate of drug-likeness (QED) is 0.364. The molecule has 0 aromatic rings. The summed E-state index contributed by atoms with van der Waals surface area (Å²) in [5.74, 6) is 1.24. The van der Waals surface area contributed by atoms with Crippen LogP contribution in [0.5, 0.6) is 0 Å². The summed E-state index contributed by atoms with van der Waals surface area (Å²) in [7, 11) is 0. The highest BCUT2D eigenvalue weighted by Crippen LogP contribution is 2.26. The monoisotopic (exact) mass is 304 g/mol. The van der Waals surface area contributed by atoms with Crippen molar-refractivity contribution in [2.45, 2.75) is 6.92 Å². The predicted molar refractivity (Wildman–Crippen MR) is 65.9 cm³/mol. The van der Waals surface area contributed by atoms with Crippen molar-refractivity contribution < 1.29 is 29.4 Å². The molecule has 0 saturated carbocycles. The lowest BCUT2D eigenvalue weighted by atomic mass is 11.0. The van der Waals surface area contributed by atoms with Crippen molar-refractivity contribution in [3.63, 3.8) is 0 Å². The second-order valence-electron chi connectivity index (χ2n) is 1.60. The van der Waals surface area contributed by atoms with E-state index < -0.39 is 13.4 Å². The van der Waals surface area contributed by atoms with Crippen LogP contribution in [0.3, 0.4) is 0 Å². The molecule has 0 spiro atoms. The maximum absolute atomic E-state index is 7.56. The molecule has 0 bridgehead atoms. The van der Waals surface area contributed by atoms with Crippen LogP contribution in [0.15, 0.2) is 0 Å². The van der Waals surface area contributed by atoms with Crippen LogP contribution in [-0.4, -0.2) is 41.4 Å². The lowest BCUT2D eigenvalue weighted by Crippen LogP contribution is -1.65. The molecule has 0 aliphatic rings. The Kier molecular flexibility index (Phi) is 16.2. The molecule has 0 amide bonds. The highest BCUT2D eigenvalue weighted by molar-refractivity contribution is 8.06. The summed E-state index contributed by atoms with van der Waals surface area (Å²) < 4.78 is 0. The van der Waals surface area contributed by atoms with E-state index in [9.17, 15) is 0 Å². The lowest BCUT2D eigenvalue weighted by molar-refractivity contribution is 0.361. The van der Waals surface area contributed by atoms with Gasteiger partial charge in [-0.1, -0.05) is 6.92 Å². The van der Waals surface area contributed by atoms with Gasteiger partial charge in [0.2, 0.25) is 0 Å². The fourth-order valence-corrected chi connectivity index (χ4v) is 0. The molecule has 0 heterocycles. The van der Waals surface area contributed by atoms with E-state index >= 15 is 0 Å². The first-order valence-corrected chi connectivity index (χ1v) is 9.68.